The predicted octanol–water partition coefficient (Wildman–Crippen LogP) is 4.07. The number of carbonyl (C=O) groups is 2. The number of nitrogens with zero attached hydrogens (tertiary/aromatic N) is 1. The number of benzene rings is 1. The smallest absolute Gasteiger partial charge is 0.230 e. The highest BCUT2D eigenvalue weighted by Crippen LogP contribution is 2.27. The van der Waals surface area contributed by atoms with Gasteiger partial charge >= 0.3 is 0 Å². The second-order valence-corrected chi connectivity index (χ2v) is 7.46. The van der Waals surface area contributed by atoms with Gasteiger partial charge in [0.2, 0.25) is 11.8 Å². The van der Waals surface area contributed by atoms with Crippen molar-refractivity contribution in [3.8, 4) is 0 Å². The highest BCUT2D eigenvalue weighted by Gasteiger charge is 2.23. The zero-order chi connectivity index (χ0) is 17.8. The minimum absolute atomic E-state index is 0.0541. The molecule has 0 saturated heterocycles. The fraction of sp³-hybridized carbons (Fsp3) is 0.421. The van der Waals surface area contributed by atoms with Crippen molar-refractivity contribution in [3.05, 3.63) is 40.4 Å². The van der Waals surface area contributed by atoms with Gasteiger partial charge in [-0.2, -0.15) is 0 Å². The molecule has 1 aliphatic rings. The maximum Gasteiger partial charge on any atom is 0.230 e. The normalized spacial score (nSPS) is 14.5. The summed E-state index contributed by atoms with van der Waals surface area (Å²) in [6.45, 7) is 3.95. The average Bonchev–Trinajstić information content (AvgIpc) is 3.23. The molecule has 2 N–H and O–H groups in total. The van der Waals surface area contributed by atoms with Crippen molar-refractivity contribution >= 4 is 34.0 Å². The Morgan fingerprint density at radius 1 is 1.16 bits per heavy atom. The van der Waals surface area contributed by atoms with Crippen LogP contribution in [0.5, 0.6) is 0 Å². The van der Waals surface area contributed by atoms with E-state index in [0.29, 0.717) is 10.8 Å². The number of hydrogen-bond acceptors (Lipinski definition) is 4. The van der Waals surface area contributed by atoms with E-state index in [1.807, 2.05) is 37.4 Å². The van der Waals surface area contributed by atoms with Crippen LogP contribution >= 0.6 is 11.3 Å². The summed E-state index contributed by atoms with van der Waals surface area (Å²) in [5, 5.41) is 8.25. The Morgan fingerprint density at radius 2 is 1.84 bits per heavy atom. The first-order valence-electron chi connectivity index (χ1n) is 8.64. The molecular formula is C19H23N3O2S. The minimum Gasteiger partial charge on any atom is -0.325 e. The molecule has 25 heavy (non-hydrogen) atoms. The van der Waals surface area contributed by atoms with E-state index in [4.69, 9.17) is 0 Å². The number of hydrogen-bond donors (Lipinski definition) is 2. The van der Waals surface area contributed by atoms with Crippen LogP contribution in [0.4, 0.5) is 10.8 Å². The lowest BCUT2D eigenvalue weighted by Crippen LogP contribution is -2.20. The minimum atomic E-state index is -0.101. The number of amides is 2. The molecule has 0 aliphatic heterocycles. The van der Waals surface area contributed by atoms with Gasteiger partial charge < -0.3 is 10.6 Å². The molecule has 0 atom stereocenters. The number of anilines is 2. The Balaban J connectivity index is 1.57. The van der Waals surface area contributed by atoms with Crippen molar-refractivity contribution in [2.24, 2.45) is 5.92 Å². The summed E-state index contributed by atoms with van der Waals surface area (Å²) in [6.07, 6.45) is 4.37. The van der Waals surface area contributed by atoms with Gasteiger partial charge in [0.25, 0.3) is 0 Å². The molecule has 1 fully saturated rings. The third-order valence-corrected chi connectivity index (χ3v) is 5.40. The molecule has 5 nitrogen and oxygen atoms in total. The molecule has 1 aromatic carbocycles. The van der Waals surface area contributed by atoms with E-state index in [1.54, 1.807) is 0 Å². The number of carbonyl (C=O) groups excluding carboxylic acids is 2. The first kappa shape index (κ1) is 17.6. The first-order chi connectivity index (χ1) is 12.0. The molecule has 0 bridgehead atoms. The molecule has 1 aliphatic carbocycles. The number of para-hydroxylation sites is 1. The number of rotatable bonds is 5. The van der Waals surface area contributed by atoms with E-state index in [-0.39, 0.29) is 24.2 Å². The topological polar surface area (TPSA) is 71.1 Å². The molecule has 0 spiro atoms. The average molecular weight is 357 g/mol. The maximum atomic E-state index is 12.3. The zero-order valence-electron chi connectivity index (χ0n) is 14.6. The van der Waals surface area contributed by atoms with Crippen molar-refractivity contribution in [2.45, 2.75) is 46.0 Å². The molecule has 0 unspecified atom stereocenters. The summed E-state index contributed by atoms with van der Waals surface area (Å²) >= 11 is 1.37. The molecule has 2 amide bonds. The molecule has 0 radical (unpaired) electrons. The molecule has 132 valence electrons. The van der Waals surface area contributed by atoms with E-state index in [1.165, 1.54) is 11.3 Å². The molecule has 1 aromatic heterocycles. The number of nitrogens with one attached hydrogen (secondary N) is 2. The summed E-state index contributed by atoms with van der Waals surface area (Å²) in [6, 6.07) is 5.92. The number of thiazole rings is 1. The number of aromatic nitrogens is 1. The molecule has 6 heteroatoms. The quantitative estimate of drug-likeness (QED) is 0.847. The Kier molecular flexibility index (Phi) is 5.48. The summed E-state index contributed by atoms with van der Waals surface area (Å²) in [4.78, 5) is 28.8. The van der Waals surface area contributed by atoms with Crippen LogP contribution in [0.2, 0.25) is 0 Å². The summed E-state index contributed by atoms with van der Waals surface area (Å²) in [7, 11) is 0. The molecule has 2 aromatic rings. The fourth-order valence-electron chi connectivity index (χ4n) is 3.20. The number of aryl methyl sites for hydroxylation is 2. The van der Waals surface area contributed by atoms with Gasteiger partial charge in [-0.15, -0.1) is 11.3 Å². The SMILES string of the molecule is Cc1cccc(C)c1NC(=O)Cc1csc(NC(=O)C2CCCC2)n1. The first-order valence-corrected chi connectivity index (χ1v) is 9.52. The van der Waals surface area contributed by atoms with Crippen LogP contribution in [0.15, 0.2) is 23.6 Å². The molecular weight excluding hydrogens is 334 g/mol. The van der Waals surface area contributed by atoms with Gasteiger partial charge in [-0.05, 0) is 37.8 Å². The molecule has 1 heterocycles. The van der Waals surface area contributed by atoms with Crippen LogP contribution in [0, 0.1) is 19.8 Å². The largest absolute Gasteiger partial charge is 0.325 e. The predicted molar refractivity (Wildman–Crippen MR) is 101 cm³/mol. The second-order valence-electron chi connectivity index (χ2n) is 6.61. The van der Waals surface area contributed by atoms with Crippen molar-refractivity contribution in [3.63, 3.8) is 0 Å². The van der Waals surface area contributed by atoms with E-state index < -0.39 is 0 Å². The van der Waals surface area contributed by atoms with Crippen molar-refractivity contribution in [1.29, 1.82) is 0 Å². The summed E-state index contributed by atoms with van der Waals surface area (Å²) in [5.41, 5.74) is 3.61. The third kappa shape index (κ3) is 4.45. The Labute approximate surface area is 151 Å². The Hall–Kier alpha value is -2.21. The van der Waals surface area contributed by atoms with Gasteiger partial charge in [-0.3, -0.25) is 9.59 Å². The highest BCUT2D eigenvalue weighted by molar-refractivity contribution is 7.13. The highest BCUT2D eigenvalue weighted by atomic mass is 32.1. The van der Waals surface area contributed by atoms with Crippen LogP contribution in [0.3, 0.4) is 0 Å². The standard InChI is InChI=1S/C19H23N3O2S/c1-12-6-5-7-13(2)17(12)21-16(23)10-15-11-25-19(20-15)22-18(24)14-8-3-4-9-14/h5-7,11,14H,3-4,8-10H2,1-2H3,(H,21,23)(H,20,22,24). The van der Waals surface area contributed by atoms with Crippen LogP contribution in [-0.2, 0) is 16.0 Å². The summed E-state index contributed by atoms with van der Waals surface area (Å²) in [5.74, 6) is 0.0643. The Bertz CT molecular complexity index is 758. The van der Waals surface area contributed by atoms with E-state index in [9.17, 15) is 9.59 Å². The second kappa shape index (κ2) is 7.78. The van der Waals surface area contributed by atoms with Gasteiger partial charge in [0.15, 0.2) is 5.13 Å². The maximum absolute atomic E-state index is 12.3. The lowest BCUT2D eigenvalue weighted by Gasteiger charge is -2.10. The van der Waals surface area contributed by atoms with Gasteiger partial charge in [-0.25, -0.2) is 4.98 Å². The van der Waals surface area contributed by atoms with Gasteiger partial charge in [0.1, 0.15) is 0 Å². The van der Waals surface area contributed by atoms with Crippen LogP contribution in [0.25, 0.3) is 0 Å². The van der Waals surface area contributed by atoms with E-state index in [2.05, 4.69) is 15.6 Å². The van der Waals surface area contributed by atoms with Gasteiger partial charge in [-0.1, -0.05) is 31.0 Å². The van der Waals surface area contributed by atoms with E-state index in [0.717, 1.165) is 42.5 Å². The lowest BCUT2D eigenvalue weighted by atomic mass is 10.1. The van der Waals surface area contributed by atoms with Crippen molar-refractivity contribution in [1.82, 2.24) is 4.98 Å². The Morgan fingerprint density at radius 3 is 2.52 bits per heavy atom. The van der Waals surface area contributed by atoms with Gasteiger partial charge in [0.05, 0.1) is 12.1 Å². The molecule has 1 saturated carbocycles. The fourth-order valence-corrected chi connectivity index (χ4v) is 3.91. The summed E-state index contributed by atoms with van der Waals surface area (Å²) < 4.78 is 0. The van der Waals surface area contributed by atoms with Gasteiger partial charge in [0, 0.05) is 17.0 Å². The van der Waals surface area contributed by atoms with Crippen LogP contribution in [-0.4, -0.2) is 16.8 Å². The lowest BCUT2D eigenvalue weighted by molar-refractivity contribution is -0.119. The van der Waals surface area contributed by atoms with Crippen LogP contribution in [0.1, 0.15) is 42.5 Å². The zero-order valence-corrected chi connectivity index (χ0v) is 15.4. The van der Waals surface area contributed by atoms with Crippen LogP contribution < -0.4 is 10.6 Å². The van der Waals surface area contributed by atoms with Crippen molar-refractivity contribution in [2.75, 3.05) is 10.6 Å². The van der Waals surface area contributed by atoms with E-state index >= 15 is 0 Å². The van der Waals surface area contributed by atoms with Crippen molar-refractivity contribution < 1.29 is 9.59 Å². The third-order valence-electron chi connectivity index (χ3n) is 4.60. The molecule has 3 rings (SSSR count). The monoisotopic (exact) mass is 357 g/mol.